The molecule has 0 aliphatic rings. The van der Waals surface area contributed by atoms with Gasteiger partial charge in [-0.1, -0.05) is 12.1 Å². The molecule has 6 nitrogen and oxygen atoms in total. The number of Topliss-reactive ketones (excluding diaryl/α,β-unsaturated/α-hetero) is 1. The number of hydrogen-bond donors (Lipinski definition) is 1. The molecule has 21 heavy (non-hydrogen) atoms. The van der Waals surface area contributed by atoms with Crippen molar-refractivity contribution in [3.63, 3.8) is 0 Å². The Balaban J connectivity index is 2.71. The average Bonchev–Trinajstić information content (AvgIpc) is 2.43. The van der Waals surface area contributed by atoms with Gasteiger partial charge in [0.15, 0.2) is 12.4 Å². The van der Waals surface area contributed by atoms with Crippen molar-refractivity contribution >= 4 is 17.7 Å². The van der Waals surface area contributed by atoms with Crippen molar-refractivity contribution in [3.8, 4) is 5.75 Å². The predicted octanol–water partition coefficient (Wildman–Crippen LogP) is 1.59. The van der Waals surface area contributed by atoms with Crippen LogP contribution < -0.4 is 4.74 Å². The molecule has 1 aromatic carbocycles. The molecule has 1 amide bonds. The molecule has 0 atom stereocenters. The highest BCUT2D eigenvalue weighted by Gasteiger charge is 2.35. The lowest BCUT2D eigenvalue weighted by atomic mass is 10.0. The molecule has 0 fully saturated rings. The fourth-order valence-corrected chi connectivity index (χ4v) is 1.50. The highest BCUT2D eigenvalue weighted by Crippen LogP contribution is 2.16. The predicted molar refractivity (Wildman–Crippen MR) is 76.4 cm³/mol. The second-order valence-electron chi connectivity index (χ2n) is 5.19. The van der Waals surface area contributed by atoms with E-state index in [9.17, 15) is 14.4 Å². The smallest absolute Gasteiger partial charge is 0.329 e. The van der Waals surface area contributed by atoms with E-state index in [1.165, 1.54) is 33.9 Å². The van der Waals surface area contributed by atoms with Crippen molar-refractivity contribution in [1.82, 2.24) is 4.90 Å². The third-order valence-electron chi connectivity index (χ3n) is 3.34. The lowest BCUT2D eigenvalue weighted by Crippen LogP contribution is -2.52. The summed E-state index contributed by atoms with van der Waals surface area (Å²) in [6.45, 7) is 4.01. The average molecular weight is 293 g/mol. The topological polar surface area (TPSA) is 83.9 Å². The van der Waals surface area contributed by atoms with Gasteiger partial charge in [0.25, 0.3) is 5.91 Å². The van der Waals surface area contributed by atoms with Crippen LogP contribution in [0.4, 0.5) is 0 Å². The molecule has 0 saturated heterocycles. The van der Waals surface area contributed by atoms with Crippen LogP contribution in [0, 0.1) is 0 Å². The summed E-state index contributed by atoms with van der Waals surface area (Å²) < 4.78 is 5.32. The molecular weight excluding hydrogens is 274 g/mol. The molecule has 0 aliphatic carbocycles. The van der Waals surface area contributed by atoms with E-state index in [-0.39, 0.29) is 12.4 Å². The van der Waals surface area contributed by atoms with Gasteiger partial charge in [-0.3, -0.25) is 9.59 Å². The summed E-state index contributed by atoms with van der Waals surface area (Å²) in [5.74, 6) is -1.28. The van der Waals surface area contributed by atoms with Gasteiger partial charge in [-0.15, -0.1) is 0 Å². The minimum Gasteiger partial charge on any atom is -0.484 e. The number of aliphatic carboxylic acids is 1. The molecule has 114 valence electrons. The van der Waals surface area contributed by atoms with Crippen LogP contribution in [-0.4, -0.2) is 46.9 Å². The second-order valence-corrected chi connectivity index (χ2v) is 5.19. The Labute approximate surface area is 123 Å². The van der Waals surface area contributed by atoms with E-state index < -0.39 is 17.4 Å². The summed E-state index contributed by atoms with van der Waals surface area (Å²) in [7, 11) is 1.41. The van der Waals surface area contributed by atoms with Crippen LogP contribution in [0.15, 0.2) is 24.3 Å². The first-order valence-electron chi connectivity index (χ1n) is 6.40. The first-order valence-corrected chi connectivity index (χ1v) is 6.40. The molecular formula is C15H19NO5. The summed E-state index contributed by atoms with van der Waals surface area (Å²) in [6.07, 6.45) is 0. The maximum Gasteiger partial charge on any atom is 0.329 e. The number of benzene rings is 1. The zero-order chi connectivity index (χ0) is 16.2. The lowest BCUT2D eigenvalue weighted by molar-refractivity contribution is -0.156. The minimum absolute atomic E-state index is 0.101. The van der Waals surface area contributed by atoms with Gasteiger partial charge in [-0.05, 0) is 32.9 Å². The van der Waals surface area contributed by atoms with Gasteiger partial charge < -0.3 is 14.7 Å². The van der Waals surface area contributed by atoms with Crippen molar-refractivity contribution in [2.75, 3.05) is 13.7 Å². The Morgan fingerprint density at radius 2 is 1.90 bits per heavy atom. The molecule has 0 unspecified atom stereocenters. The lowest BCUT2D eigenvalue weighted by Gasteiger charge is -2.31. The quantitative estimate of drug-likeness (QED) is 0.805. The van der Waals surface area contributed by atoms with Gasteiger partial charge in [-0.2, -0.15) is 0 Å². The van der Waals surface area contributed by atoms with E-state index in [4.69, 9.17) is 9.84 Å². The number of ketones is 1. The zero-order valence-electron chi connectivity index (χ0n) is 12.5. The molecule has 0 aliphatic heterocycles. The number of likely N-dealkylation sites (N-methyl/N-ethyl adjacent to an activating group) is 1. The van der Waals surface area contributed by atoms with Crippen LogP contribution in [0.2, 0.25) is 0 Å². The number of nitrogens with zero attached hydrogens (tertiary/aromatic N) is 1. The van der Waals surface area contributed by atoms with Gasteiger partial charge in [-0.25, -0.2) is 4.79 Å². The van der Waals surface area contributed by atoms with Crippen LogP contribution in [-0.2, 0) is 9.59 Å². The number of carboxylic acid groups (broad SMARTS) is 1. The van der Waals surface area contributed by atoms with E-state index in [0.717, 1.165) is 4.90 Å². The first kappa shape index (κ1) is 16.7. The van der Waals surface area contributed by atoms with Crippen molar-refractivity contribution in [2.45, 2.75) is 26.3 Å². The molecule has 0 radical (unpaired) electrons. The third kappa shape index (κ3) is 4.05. The molecule has 1 rings (SSSR count). The highest BCUT2D eigenvalue weighted by molar-refractivity contribution is 5.94. The van der Waals surface area contributed by atoms with E-state index in [2.05, 4.69) is 0 Å². The number of hydrogen-bond acceptors (Lipinski definition) is 4. The van der Waals surface area contributed by atoms with Crippen molar-refractivity contribution in [3.05, 3.63) is 29.8 Å². The van der Waals surface area contributed by atoms with Gasteiger partial charge >= 0.3 is 5.97 Å². The van der Waals surface area contributed by atoms with Crippen LogP contribution in [0.5, 0.6) is 5.75 Å². The van der Waals surface area contributed by atoms with Crippen molar-refractivity contribution in [1.29, 1.82) is 0 Å². The molecule has 0 spiro atoms. The Morgan fingerprint density at radius 3 is 2.43 bits per heavy atom. The molecule has 1 aromatic rings. The number of rotatable bonds is 6. The summed E-state index contributed by atoms with van der Waals surface area (Å²) in [5.41, 5.74) is -0.832. The first-order chi connectivity index (χ1) is 9.66. The summed E-state index contributed by atoms with van der Waals surface area (Å²) >= 11 is 0. The Bertz CT molecular complexity index is 565. The van der Waals surface area contributed by atoms with E-state index in [1.807, 2.05) is 0 Å². The second kappa shape index (κ2) is 6.39. The third-order valence-corrected chi connectivity index (χ3v) is 3.34. The summed E-state index contributed by atoms with van der Waals surface area (Å²) in [5, 5.41) is 9.07. The van der Waals surface area contributed by atoms with Gasteiger partial charge in [0.2, 0.25) is 0 Å². The molecule has 6 heteroatoms. The van der Waals surface area contributed by atoms with Crippen molar-refractivity contribution in [2.24, 2.45) is 0 Å². The monoisotopic (exact) mass is 293 g/mol. The number of amides is 1. The molecule has 0 aromatic heterocycles. The molecule has 0 heterocycles. The standard InChI is InChI=1S/C15H19NO5/c1-10(17)11-6-5-7-12(8-11)21-9-13(18)16(4)15(2,3)14(19)20/h5-8H,9H2,1-4H3,(H,19,20). The Kier molecular flexibility index (Phi) is 5.07. The Morgan fingerprint density at radius 1 is 1.29 bits per heavy atom. The van der Waals surface area contributed by atoms with Gasteiger partial charge in [0, 0.05) is 12.6 Å². The normalized spacial score (nSPS) is 10.9. The largest absolute Gasteiger partial charge is 0.484 e. The van der Waals surface area contributed by atoms with Crippen LogP contribution in [0.1, 0.15) is 31.1 Å². The fraction of sp³-hybridized carbons (Fsp3) is 0.400. The summed E-state index contributed by atoms with van der Waals surface area (Å²) in [4.78, 5) is 35.4. The maximum atomic E-state index is 12.0. The SMILES string of the molecule is CC(=O)c1cccc(OCC(=O)N(C)C(C)(C)C(=O)O)c1. The van der Waals surface area contributed by atoms with E-state index in [1.54, 1.807) is 18.2 Å². The van der Waals surface area contributed by atoms with Crippen molar-refractivity contribution < 1.29 is 24.2 Å². The molecule has 1 N–H and O–H groups in total. The molecule has 0 bridgehead atoms. The summed E-state index contributed by atoms with van der Waals surface area (Å²) in [6, 6.07) is 6.47. The number of carboxylic acids is 1. The van der Waals surface area contributed by atoms with Gasteiger partial charge in [0.1, 0.15) is 11.3 Å². The minimum atomic E-state index is -1.32. The maximum absolute atomic E-state index is 12.0. The van der Waals surface area contributed by atoms with Crippen LogP contribution in [0.3, 0.4) is 0 Å². The highest BCUT2D eigenvalue weighted by atomic mass is 16.5. The Hall–Kier alpha value is -2.37. The number of carbonyl (C=O) groups is 3. The van der Waals surface area contributed by atoms with Gasteiger partial charge in [0.05, 0.1) is 0 Å². The number of ether oxygens (including phenoxy) is 1. The zero-order valence-corrected chi connectivity index (χ0v) is 12.5. The number of carbonyl (C=O) groups excluding carboxylic acids is 2. The van der Waals surface area contributed by atoms with E-state index in [0.29, 0.717) is 11.3 Å². The van der Waals surface area contributed by atoms with E-state index >= 15 is 0 Å². The van der Waals surface area contributed by atoms with Crippen LogP contribution in [0.25, 0.3) is 0 Å². The molecule has 0 saturated carbocycles. The van der Waals surface area contributed by atoms with Crippen LogP contribution >= 0.6 is 0 Å². The fourth-order valence-electron chi connectivity index (χ4n) is 1.50.